The van der Waals surface area contributed by atoms with Crippen LogP contribution in [0.1, 0.15) is 5.56 Å². The number of carboxylic acid groups (broad SMARTS) is 2. The van der Waals surface area contributed by atoms with Crippen LogP contribution in [0.4, 0.5) is 10.5 Å². The molecule has 1 saturated heterocycles. The van der Waals surface area contributed by atoms with Gasteiger partial charge in [0.05, 0.1) is 15.2 Å². The van der Waals surface area contributed by atoms with Crippen molar-refractivity contribution < 1.29 is 29.4 Å². The van der Waals surface area contributed by atoms with Gasteiger partial charge >= 0.3 is 11.9 Å². The Morgan fingerprint density at radius 2 is 1.51 bits per heavy atom. The summed E-state index contributed by atoms with van der Waals surface area (Å²) in [6, 6.07) is 6.04. The Bertz CT molecular complexity index is 2050. The molecule has 0 bridgehead atoms. The fourth-order valence-electron chi connectivity index (χ4n) is 4.11. The Hall–Kier alpha value is -3.86. The smallest absolute Gasteiger partial charge is 0.323 e. The lowest BCUT2D eigenvalue weighted by atomic mass is 10.2. The number of carboxylic acids is 2. The Kier molecular flexibility index (Phi) is 7.58. The number of thioether (sulfide) groups is 2. The number of hydrogen-bond acceptors (Lipinski definition) is 11. The van der Waals surface area contributed by atoms with E-state index in [0.717, 1.165) is 57.9 Å². The molecule has 2 aliphatic heterocycles. The zero-order chi connectivity index (χ0) is 29.7. The molecule has 0 radical (unpaired) electrons. The second-order valence-electron chi connectivity index (χ2n) is 8.94. The number of rotatable bonds is 5. The van der Waals surface area contributed by atoms with Gasteiger partial charge in [0.15, 0.2) is 0 Å². The van der Waals surface area contributed by atoms with Crippen molar-refractivity contribution in [2.75, 3.05) is 19.0 Å². The lowest BCUT2D eigenvalue weighted by Gasteiger charge is -2.13. The third-order valence-corrected chi connectivity index (χ3v) is 10.9. The highest BCUT2D eigenvalue weighted by molar-refractivity contribution is 8.23. The van der Waals surface area contributed by atoms with Crippen LogP contribution in [0.3, 0.4) is 0 Å². The normalized spacial score (nSPS) is 18.6. The van der Waals surface area contributed by atoms with Crippen LogP contribution >= 0.6 is 46.2 Å². The van der Waals surface area contributed by atoms with Gasteiger partial charge in [0.25, 0.3) is 22.3 Å². The highest BCUT2D eigenvalue weighted by Crippen LogP contribution is 2.45. The number of imide groups is 1. The second kappa shape index (κ2) is 10.8. The van der Waals surface area contributed by atoms with E-state index in [1.165, 1.54) is 18.8 Å². The summed E-state index contributed by atoms with van der Waals surface area (Å²) >= 11 is 3.69. The fraction of sp³-hybridized carbons (Fsp3) is 0.200. The van der Waals surface area contributed by atoms with Crippen LogP contribution in [0.25, 0.3) is 11.0 Å². The zero-order valence-corrected chi connectivity index (χ0v) is 24.8. The van der Waals surface area contributed by atoms with Crippen LogP contribution in [-0.4, -0.2) is 61.4 Å². The minimum Gasteiger partial charge on any atom is -0.480 e. The van der Waals surface area contributed by atoms with Gasteiger partial charge in [0, 0.05) is 19.0 Å². The van der Waals surface area contributed by atoms with E-state index >= 15 is 0 Å². The number of anilines is 1. The minimum atomic E-state index is -1.36. The molecule has 0 spiro atoms. The average Bonchev–Trinajstić information content (AvgIpc) is 3.57. The van der Waals surface area contributed by atoms with E-state index < -0.39 is 47.3 Å². The van der Waals surface area contributed by atoms with Crippen molar-refractivity contribution >= 4 is 86.0 Å². The number of benzene rings is 1. The summed E-state index contributed by atoms with van der Waals surface area (Å²) in [6.07, 6.45) is 3.28. The predicted molar refractivity (Wildman–Crippen MR) is 157 cm³/mol. The van der Waals surface area contributed by atoms with Gasteiger partial charge < -0.3 is 15.1 Å². The first kappa shape index (κ1) is 28.7. The van der Waals surface area contributed by atoms with Gasteiger partial charge in [-0.1, -0.05) is 17.8 Å². The van der Waals surface area contributed by atoms with Crippen LogP contribution in [-0.2, 0) is 27.5 Å². The molecular weight excluding hydrogens is 613 g/mol. The number of fused-ring (bicyclic) bond motifs is 1. The molecule has 5 rings (SSSR count). The highest BCUT2D eigenvalue weighted by Gasteiger charge is 2.34. The summed E-state index contributed by atoms with van der Waals surface area (Å²) < 4.78 is 1.77. The first-order valence-corrected chi connectivity index (χ1v) is 15.0. The van der Waals surface area contributed by atoms with Crippen molar-refractivity contribution in [1.82, 2.24) is 14.0 Å². The minimum absolute atomic E-state index is 0.00417. The number of aryl methyl sites for hydroxylation is 1. The standard InChI is InChI=1S/C25H20N4O8S4/c1-11-4-5-13-12(8-11)26(2)15(38-13)7-6-14-20(34)28(9-16(30)31)23(39-14)19-22(36)29(10-17(32)33)24(40-19)18-21(35)27(3)25(37)41-18/h4-8H,9-10H2,1-3H3,(H,30,31)(H,32,33)/b14-6?,15-7?,23-19+,24-18+. The van der Waals surface area contributed by atoms with Gasteiger partial charge in [-0.25, -0.2) is 0 Å². The largest absolute Gasteiger partial charge is 0.480 e. The third kappa shape index (κ3) is 5.18. The maximum atomic E-state index is 13.5. The number of carbonyl (C=O) groups excluding carboxylic acids is 2. The summed E-state index contributed by atoms with van der Waals surface area (Å²) in [5.74, 6) is -3.38. The second-order valence-corrected chi connectivity index (χ2v) is 13.0. The van der Waals surface area contributed by atoms with Gasteiger partial charge in [-0.05, 0) is 48.5 Å². The van der Waals surface area contributed by atoms with Crippen molar-refractivity contribution in [2.24, 2.45) is 0 Å². The summed E-state index contributed by atoms with van der Waals surface area (Å²) in [5.41, 5.74) is 0.640. The first-order chi connectivity index (χ1) is 19.4. The lowest BCUT2D eigenvalue weighted by molar-refractivity contribution is -0.138. The molecule has 0 aliphatic carbocycles. The quantitative estimate of drug-likeness (QED) is 0.416. The molecule has 3 aromatic rings. The molecule has 212 valence electrons. The van der Waals surface area contributed by atoms with Crippen molar-refractivity contribution in [2.45, 2.75) is 24.9 Å². The first-order valence-electron chi connectivity index (χ1n) is 11.7. The molecule has 1 aromatic carbocycles. The third-order valence-electron chi connectivity index (χ3n) is 6.13. The van der Waals surface area contributed by atoms with E-state index in [0.29, 0.717) is 11.8 Å². The van der Waals surface area contributed by atoms with Crippen molar-refractivity contribution in [3.8, 4) is 0 Å². The monoisotopic (exact) mass is 632 g/mol. The Balaban J connectivity index is 1.78. The number of carbonyl (C=O) groups is 4. The molecule has 2 aliphatic rings. The van der Waals surface area contributed by atoms with Gasteiger partial charge in [0.1, 0.15) is 31.9 Å². The number of hydrogen-bond donors (Lipinski definition) is 2. The van der Waals surface area contributed by atoms with E-state index in [1.54, 1.807) is 12.2 Å². The van der Waals surface area contributed by atoms with Crippen LogP contribution < -0.4 is 25.2 Å². The van der Waals surface area contributed by atoms with E-state index in [2.05, 4.69) is 0 Å². The predicted octanol–water partition coefficient (Wildman–Crippen LogP) is 1.20. The highest BCUT2D eigenvalue weighted by atomic mass is 32.2. The molecular formula is C25H20N4O8S4. The van der Waals surface area contributed by atoms with Crippen LogP contribution in [0, 0.1) is 16.1 Å². The maximum absolute atomic E-state index is 13.5. The SMILES string of the molecule is Cc1ccc2c(c1)N(C)C(=CC=c1s/c(=c3/s/c(=C4/SC(=O)N(C)C4=O)n(CC(=O)O)c3=O)n(CC(=O)O)c1=O)S2. The van der Waals surface area contributed by atoms with Crippen molar-refractivity contribution in [3.05, 3.63) is 74.0 Å². The molecule has 1 fully saturated rings. The molecule has 2 N–H and O–H groups in total. The molecule has 0 unspecified atom stereocenters. The molecule has 0 saturated carbocycles. The number of allylic oxidation sites excluding steroid dienone is 1. The van der Waals surface area contributed by atoms with Gasteiger partial charge in [-0.15, -0.1) is 22.7 Å². The van der Waals surface area contributed by atoms with Crippen molar-refractivity contribution in [3.63, 3.8) is 0 Å². The molecule has 12 nitrogen and oxygen atoms in total. The van der Waals surface area contributed by atoms with Crippen molar-refractivity contribution in [1.29, 1.82) is 0 Å². The topological polar surface area (TPSA) is 159 Å². The van der Waals surface area contributed by atoms with Crippen LogP contribution in [0.5, 0.6) is 0 Å². The Labute approximate surface area is 246 Å². The number of thiazole rings is 2. The molecule has 4 heterocycles. The Morgan fingerprint density at radius 1 is 0.854 bits per heavy atom. The van der Waals surface area contributed by atoms with Crippen LogP contribution in [0.15, 0.2) is 43.8 Å². The Morgan fingerprint density at radius 3 is 2.12 bits per heavy atom. The number of nitrogens with zero attached hydrogens (tertiary/aromatic N) is 4. The number of aromatic nitrogens is 2. The van der Waals surface area contributed by atoms with E-state index in [-0.39, 0.29) is 23.3 Å². The molecule has 41 heavy (non-hydrogen) atoms. The lowest BCUT2D eigenvalue weighted by Crippen LogP contribution is -2.32. The van der Waals surface area contributed by atoms with Gasteiger partial charge in [0.2, 0.25) is 0 Å². The fourth-order valence-corrected chi connectivity index (χ4v) is 8.47. The number of amides is 2. The molecule has 16 heteroatoms. The van der Waals surface area contributed by atoms with Gasteiger partial charge in [-0.2, -0.15) is 0 Å². The average molecular weight is 633 g/mol. The summed E-state index contributed by atoms with van der Waals surface area (Å²) in [6.45, 7) is 0.440. The van der Waals surface area contributed by atoms with Crippen LogP contribution in [0.2, 0.25) is 0 Å². The maximum Gasteiger partial charge on any atom is 0.323 e. The zero-order valence-electron chi connectivity index (χ0n) is 21.6. The summed E-state index contributed by atoms with van der Waals surface area (Å²) in [5, 5.41) is 19.2. The van der Waals surface area contributed by atoms with Gasteiger partial charge in [-0.3, -0.25) is 42.8 Å². The molecule has 2 amide bonds. The molecule has 2 aromatic heterocycles. The number of aliphatic carboxylic acids is 2. The summed E-state index contributed by atoms with van der Waals surface area (Å²) in [4.78, 5) is 78.5. The summed E-state index contributed by atoms with van der Waals surface area (Å²) in [7, 11) is 3.15. The molecule has 0 atom stereocenters. The van der Waals surface area contributed by atoms with E-state index in [4.69, 9.17) is 0 Å². The van der Waals surface area contributed by atoms with E-state index in [1.807, 2.05) is 37.1 Å². The van der Waals surface area contributed by atoms with E-state index in [9.17, 15) is 39.0 Å².